The number of aliphatic hydroxyl groups is 1. The summed E-state index contributed by atoms with van der Waals surface area (Å²) in [6, 6.07) is 5.65. The number of likely N-dealkylation sites (tertiary alicyclic amines) is 1. The van der Waals surface area contributed by atoms with E-state index in [2.05, 4.69) is 0 Å². The number of ether oxygens (including phenoxy) is 3. The summed E-state index contributed by atoms with van der Waals surface area (Å²) < 4.78 is 15.9. The minimum Gasteiger partial charge on any atom is -0.493 e. The fraction of sp³-hybridized carbons (Fsp3) is 0.611. The molecule has 0 unspecified atom stereocenters. The van der Waals surface area contributed by atoms with Gasteiger partial charge >= 0.3 is 6.09 Å². The highest BCUT2D eigenvalue weighted by Gasteiger charge is 2.33. The lowest BCUT2D eigenvalue weighted by Gasteiger charge is -2.37. The molecule has 1 aliphatic heterocycles. The second-order valence-corrected chi connectivity index (χ2v) is 7.00. The van der Waals surface area contributed by atoms with Crippen LogP contribution in [0.25, 0.3) is 0 Å². The van der Waals surface area contributed by atoms with E-state index in [1.54, 1.807) is 19.1 Å². The summed E-state index contributed by atoms with van der Waals surface area (Å²) in [5, 5.41) is 10.5. The molecule has 134 valence electrons. The Morgan fingerprint density at radius 1 is 1.21 bits per heavy atom. The lowest BCUT2D eigenvalue weighted by molar-refractivity contribution is -0.00154. The van der Waals surface area contributed by atoms with Crippen molar-refractivity contribution in [2.45, 2.75) is 44.8 Å². The predicted octanol–water partition coefficient (Wildman–Crippen LogP) is 2.79. The number of benzene rings is 1. The number of piperidine rings is 1. The molecule has 1 amide bonds. The molecule has 1 fully saturated rings. The number of hydrogen-bond acceptors (Lipinski definition) is 5. The van der Waals surface area contributed by atoms with Gasteiger partial charge in [0.1, 0.15) is 5.60 Å². The van der Waals surface area contributed by atoms with Crippen LogP contribution in [-0.4, -0.2) is 55.1 Å². The van der Waals surface area contributed by atoms with Crippen LogP contribution in [0.2, 0.25) is 0 Å². The molecule has 0 aliphatic carbocycles. The van der Waals surface area contributed by atoms with Crippen molar-refractivity contribution >= 4 is 6.09 Å². The van der Waals surface area contributed by atoms with E-state index >= 15 is 0 Å². The highest BCUT2D eigenvalue weighted by atomic mass is 16.6. The first-order valence-electron chi connectivity index (χ1n) is 8.13. The lowest BCUT2D eigenvalue weighted by atomic mass is 9.87. The summed E-state index contributed by atoms with van der Waals surface area (Å²) in [6.07, 6.45) is -0.368. The van der Waals surface area contributed by atoms with Gasteiger partial charge in [-0.05, 0) is 44.9 Å². The number of β-amino-alcohol motifs (C(OH)–C–C–N with tert-alkyl or cyclic N) is 1. The Labute approximate surface area is 143 Å². The first-order chi connectivity index (χ1) is 11.2. The zero-order chi connectivity index (χ0) is 17.9. The molecule has 1 aromatic rings. The number of hydrogen-bond donors (Lipinski definition) is 1. The quantitative estimate of drug-likeness (QED) is 0.918. The molecule has 0 spiro atoms. The third kappa shape index (κ3) is 4.32. The smallest absolute Gasteiger partial charge is 0.410 e. The maximum Gasteiger partial charge on any atom is 0.410 e. The van der Waals surface area contributed by atoms with Crippen molar-refractivity contribution < 1.29 is 24.1 Å². The average Bonchev–Trinajstić information content (AvgIpc) is 2.52. The second kappa shape index (κ2) is 7.30. The van der Waals surface area contributed by atoms with Gasteiger partial charge in [-0.2, -0.15) is 0 Å². The average molecular weight is 337 g/mol. The lowest BCUT2D eigenvalue weighted by Crippen LogP contribution is -2.47. The number of nitrogens with zero attached hydrogens (tertiary/aromatic N) is 1. The Kier molecular flexibility index (Phi) is 5.59. The van der Waals surface area contributed by atoms with Crippen molar-refractivity contribution in [1.82, 2.24) is 4.90 Å². The van der Waals surface area contributed by atoms with Gasteiger partial charge in [-0.15, -0.1) is 0 Å². The molecular formula is C18H27NO5. The Balaban J connectivity index is 2.07. The minimum atomic E-state index is -0.649. The van der Waals surface area contributed by atoms with Crippen molar-refractivity contribution in [2.24, 2.45) is 0 Å². The third-order valence-corrected chi connectivity index (χ3v) is 4.07. The number of methoxy groups -OCH3 is 2. The van der Waals surface area contributed by atoms with E-state index in [-0.39, 0.29) is 18.6 Å². The highest BCUT2D eigenvalue weighted by Crippen LogP contribution is 2.35. The predicted molar refractivity (Wildman–Crippen MR) is 90.7 cm³/mol. The zero-order valence-corrected chi connectivity index (χ0v) is 15.0. The summed E-state index contributed by atoms with van der Waals surface area (Å²) in [5.41, 5.74) is 0.436. The molecule has 2 rings (SSSR count). The van der Waals surface area contributed by atoms with E-state index in [1.165, 1.54) is 0 Å². The van der Waals surface area contributed by atoms with Gasteiger partial charge in [-0.25, -0.2) is 4.79 Å². The van der Waals surface area contributed by atoms with Gasteiger partial charge in [0, 0.05) is 12.5 Å². The molecule has 6 heteroatoms. The zero-order valence-electron chi connectivity index (χ0n) is 15.0. The summed E-state index contributed by atoms with van der Waals surface area (Å²) in [7, 11) is 3.18. The van der Waals surface area contributed by atoms with E-state index in [9.17, 15) is 9.90 Å². The summed E-state index contributed by atoms with van der Waals surface area (Å²) in [5.74, 6) is 1.24. The monoisotopic (exact) mass is 337 g/mol. The maximum atomic E-state index is 12.1. The van der Waals surface area contributed by atoms with Crippen molar-refractivity contribution in [1.29, 1.82) is 0 Å². The highest BCUT2D eigenvalue weighted by molar-refractivity contribution is 5.68. The van der Waals surface area contributed by atoms with Gasteiger partial charge in [0.15, 0.2) is 11.5 Å². The molecular weight excluding hydrogens is 310 g/mol. The molecule has 0 bridgehead atoms. The Morgan fingerprint density at radius 3 is 2.42 bits per heavy atom. The normalized spacial score (nSPS) is 21.3. The van der Waals surface area contributed by atoms with Crippen LogP contribution in [0.4, 0.5) is 4.79 Å². The number of carbonyl (C=O) groups is 1. The molecule has 0 aromatic heterocycles. The summed E-state index contributed by atoms with van der Waals surface area (Å²) in [4.78, 5) is 13.7. The number of aliphatic hydroxyl groups excluding tert-OH is 1. The van der Waals surface area contributed by atoms with Crippen LogP contribution < -0.4 is 9.47 Å². The van der Waals surface area contributed by atoms with Crippen LogP contribution in [0, 0.1) is 0 Å². The number of amides is 1. The second-order valence-electron chi connectivity index (χ2n) is 7.00. The van der Waals surface area contributed by atoms with Gasteiger partial charge in [0.2, 0.25) is 0 Å². The van der Waals surface area contributed by atoms with Crippen molar-refractivity contribution in [3.05, 3.63) is 23.8 Å². The SMILES string of the molecule is COc1ccc([C@H]2CCN(C(=O)OC(C)(C)C)C[C@@H]2O)cc1OC. The van der Waals surface area contributed by atoms with Crippen LogP contribution in [0.1, 0.15) is 38.7 Å². The third-order valence-electron chi connectivity index (χ3n) is 4.07. The topological polar surface area (TPSA) is 68.2 Å². The van der Waals surface area contributed by atoms with Crippen molar-refractivity contribution in [3.8, 4) is 11.5 Å². The largest absolute Gasteiger partial charge is 0.493 e. The Bertz CT molecular complexity index is 581. The molecule has 0 saturated carbocycles. The summed E-state index contributed by atoms with van der Waals surface area (Å²) in [6.45, 7) is 6.30. The fourth-order valence-electron chi connectivity index (χ4n) is 2.90. The minimum absolute atomic E-state index is 0.0523. The molecule has 1 N–H and O–H groups in total. The van der Waals surface area contributed by atoms with E-state index in [0.29, 0.717) is 24.5 Å². The molecule has 1 saturated heterocycles. The molecule has 24 heavy (non-hydrogen) atoms. The first kappa shape index (κ1) is 18.4. The van der Waals surface area contributed by atoms with Crippen molar-refractivity contribution in [2.75, 3.05) is 27.3 Å². The van der Waals surface area contributed by atoms with E-state index in [4.69, 9.17) is 14.2 Å². The number of rotatable bonds is 3. The van der Waals surface area contributed by atoms with Crippen LogP contribution in [0.5, 0.6) is 11.5 Å². The molecule has 0 radical (unpaired) electrons. The molecule has 1 heterocycles. The van der Waals surface area contributed by atoms with Gasteiger partial charge < -0.3 is 24.2 Å². The van der Waals surface area contributed by atoms with Gasteiger partial charge in [-0.1, -0.05) is 6.07 Å². The Hall–Kier alpha value is -1.95. The Morgan fingerprint density at radius 2 is 1.88 bits per heavy atom. The molecule has 1 aromatic carbocycles. The number of carbonyl (C=O) groups excluding carboxylic acids is 1. The van der Waals surface area contributed by atoms with Crippen LogP contribution >= 0.6 is 0 Å². The first-order valence-corrected chi connectivity index (χ1v) is 8.13. The molecule has 1 aliphatic rings. The van der Waals surface area contributed by atoms with Gasteiger partial charge in [-0.3, -0.25) is 0 Å². The maximum absolute atomic E-state index is 12.1. The standard InChI is InChI=1S/C18H27NO5/c1-18(2,3)24-17(21)19-9-8-13(14(20)11-19)12-6-7-15(22-4)16(10-12)23-5/h6-7,10,13-14,20H,8-9,11H2,1-5H3/t13-,14+/m1/s1. The summed E-state index contributed by atoms with van der Waals surface area (Å²) >= 11 is 0. The molecule has 6 nitrogen and oxygen atoms in total. The van der Waals surface area contributed by atoms with Crippen LogP contribution in [0.15, 0.2) is 18.2 Å². The van der Waals surface area contributed by atoms with E-state index in [1.807, 2.05) is 39.0 Å². The fourth-order valence-corrected chi connectivity index (χ4v) is 2.90. The van der Waals surface area contributed by atoms with E-state index < -0.39 is 11.7 Å². The van der Waals surface area contributed by atoms with E-state index in [0.717, 1.165) is 5.56 Å². The van der Waals surface area contributed by atoms with Crippen molar-refractivity contribution in [3.63, 3.8) is 0 Å². The molecule has 2 atom stereocenters. The van der Waals surface area contributed by atoms with Crippen LogP contribution in [-0.2, 0) is 4.74 Å². The van der Waals surface area contributed by atoms with Gasteiger partial charge in [0.05, 0.1) is 26.9 Å². The van der Waals surface area contributed by atoms with Gasteiger partial charge in [0.25, 0.3) is 0 Å². The van der Waals surface area contributed by atoms with Crippen LogP contribution in [0.3, 0.4) is 0 Å².